The van der Waals surface area contributed by atoms with Crippen LogP contribution in [0.3, 0.4) is 0 Å². The lowest BCUT2D eigenvalue weighted by Crippen LogP contribution is -2.11. The summed E-state index contributed by atoms with van der Waals surface area (Å²) in [6.07, 6.45) is 4.18. The van der Waals surface area contributed by atoms with Gasteiger partial charge in [-0.1, -0.05) is 17.7 Å². The van der Waals surface area contributed by atoms with E-state index >= 15 is 0 Å². The van der Waals surface area contributed by atoms with Crippen molar-refractivity contribution < 1.29 is 4.42 Å². The molecular weight excluding hydrogens is 198 g/mol. The zero-order valence-corrected chi connectivity index (χ0v) is 9.36. The van der Waals surface area contributed by atoms with E-state index < -0.39 is 0 Å². The molecule has 82 valence electrons. The Morgan fingerprint density at radius 1 is 1.31 bits per heavy atom. The number of fused-ring (bicyclic) bond motifs is 1. The summed E-state index contributed by atoms with van der Waals surface area (Å²) < 4.78 is 5.83. The third-order valence-electron chi connectivity index (χ3n) is 3.15. The highest BCUT2D eigenvalue weighted by Crippen LogP contribution is 2.31. The molecule has 2 N–H and O–H groups in total. The van der Waals surface area contributed by atoms with Gasteiger partial charge in [0.25, 0.3) is 0 Å². The van der Waals surface area contributed by atoms with Crippen molar-refractivity contribution in [2.45, 2.75) is 25.8 Å². The summed E-state index contributed by atoms with van der Waals surface area (Å²) in [6.45, 7) is 2.09. The van der Waals surface area contributed by atoms with E-state index in [0.717, 1.165) is 24.2 Å². The maximum absolute atomic E-state index is 5.86. The van der Waals surface area contributed by atoms with Crippen molar-refractivity contribution in [3.8, 4) is 0 Å². The Kier molecular flexibility index (Phi) is 2.11. The molecule has 1 aliphatic rings. The maximum Gasteiger partial charge on any atom is 0.134 e. The largest absolute Gasteiger partial charge is 0.456 e. The molecule has 0 saturated heterocycles. The van der Waals surface area contributed by atoms with E-state index in [1.807, 2.05) is 6.07 Å². The molecule has 1 aromatic carbocycles. The molecule has 16 heavy (non-hydrogen) atoms. The van der Waals surface area contributed by atoms with Crippen LogP contribution in [0.4, 0.5) is 0 Å². The highest BCUT2D eigenvalue weighted by Gasteiger charge is 2.16. The second-order valence-corrected chi connectivity index (χ2v) is 4.55. The lowest BCUT2D eigenvalue weighted by Gasteiger charge is -1.93. The van der Waals surface area contributed by atoms with Crippen molar-refractivity contribution in [2.24, 2.45) is 5.73 Å². The number of rotatable bonds is 1. The summed E-state index contributed by atoms with van der Waals surface area (Å²) in [5.41, 5.74) is 9.34. The minimum atomic E-state index is 0.199. The first-order valence-electron chi connectivity index (χ1n) is 5.69. The Morgan fingerprint density at radius 2 is 2.19 bits per heavy atom. The van der Waals surface area contributed by atoms with Crippen LogP contribution in [0.2, 0.25) is 0 Å². The first-order valence-corrected chi connectivity index (χ1v) is 5.69. The molecule has 1 atom stereocenters. The Bertz CT molecular complexity index is 565. The van der Waals surface area contributed by atoms with Gasteiger partial charge in [0.15, 0.2) is 0 Å². The first kappa shape index (κ1) is 9.67. The molecule has 0 amide bonds. The molecule has 3 rings (SSSR count). The highest BCUT2D eigenvalue weighted by atomic mass is 16.3. The van der Waals surface area contributed by atoms with Gasteiger partial charge in [-0.05, 0) is 43.5 Å². The molecule has 2 nitrogen and oxygen atoms in total. The summed E-state index contributed by atoms with van der Waals surface area (Å²) in [5, 5.41) is 1.18. The van der Waals surface area contributed by atoms with Crippen molar-refractivity contribution in [1.82, 2.24) is 0 Å². The number of allylic oxidation sites excluding steroid dienone is 1. The molecular formula is C14H15NO. The van der Waals surface area contributed by atoms with Crippen LogP contribution in [0, 0.1) is 6.92 Å². The second-order valence-electron chi connectivity index (χ2n) is 4.55. The van der Waals surface area contributed by atoms with Gasteiger partial charge in [-0.15, -0.1) is 0 Å². The average molecular weight is 213 g/mol. The second kappa shape index (κ2) is 3.49. The van der Waals surface area contributed by atoms with Crippen LogP contribution < -0.4 is 5.73 Å². The van der Waals surface area contributed by atoms with Gasteiger partial charge in [-0.2, -0.15) is 0 Å². The number of nitrogens with two attached hydrogens (primary N) is 1. The Morgan fingerprint density at radius 3 is 2.94 bits per heavy atom. The molecule has 1 aliphatic carbocycles. The summed E-state index contributed by atoms with van der Waals surface area (Å²) in [7, 11) is 0. The zero-order chi connectivity index (χ0) is 11.1. The normalized spacial score (nSPS) is 20.4. The number of hydrogen-bond donors (Lipinski definition) is 1. The van der Waals surface area contributed by atoms with E-state index in [4.69, 9.17) is 10.2 Å². The van der Waals surface area contributed by atoms with Crippen molar-refractivity contribution in [3.63, 3.8) is 0 Å². The van der Waals surface area contributed by atoms with Crippen LogP contribution >= 0.6 is 0 Å². The van der Waals surface area contributed by atoms with Gasteiger partial charge in [0, 0.05) is 11.4 Å². The molecule has 1 aromatic heterocycles. The Hall–Kier alpha value is -1.54. The van der Waals surface area contributed by atoms with Crippen LogP contribution in [-0.4, -0.2) is 6.04 Å². The molecule has 0 bridgehead atoms. The average Bonchev–Trinajstić information content (AvgIpc) is 2.83. The maximum atomic E-state index is 5.86. The first-order chi connectivity index (χ1) is 7.72. The summed E-state index contributed by atoms with van der Waals surface area (Å²) >= 11 is 0. The minimum Gasteiger partial charge on any atom is -0.456 e. The summed E-state index contributed by atoms with van der Waals surface area (Å²) in [4.78, 5) is 0. The third kappa shape index (κ3) is 1.55. The van der Waals surface area contributed by atoms with Gasteiger partial charge in [0.05, 0.1) is 0 Å². The lowest BCUT2D eigenvalue weighted by atomic mass is 10.1. The van der Waals surface area contributed by atoms with E-state index in [2.05, 4.69) is 31.2 Å². The van der Waals surface area contributed by atoms with E-state index in [0.29, 0.717) is 0 Å². The molecule has 2 heteroatoms. The summed E-state index contributed by atoms with van der Waals surface area (Å²) in [6, 6.07) is 8.57. The van der Waals surface area contributed by atoms with Crippen LogP contribution in [-0.2, 0) is 0 Å². The van der Waals surface area contributed by atoms with Gasteiger partial charge in [0.1, 0.15) is 11.3 Å². The van der Waals surface area contributed by atoms with Crippen molar-refractivity contribution >= 4 is 16.5 Å². The Labute approximate surface area is 94.7 Å². The van der Waals surface area contributed by atoms with Crippen LogP contribution in [0.1, 0.15) is 24.2 Å². The molecule has 0 spiro atoms. The van der Waals surface area contributed by atoms with Crippen LogP contribution in [0.15, 0.2) is 34.8 Å². The predicted octanol–water partition coefficient (Wildman–Crippen LogP) is 3.25. The third-order valence-corrected chi connectivity index (χ3v) is 3.15. The molecule has 0 fully saturated rings. The fourth-order valence-electron chi connectivity index (χ4n) is 2.27. The van der Waals surface area contributed by atoms with E-state index in [1.54, 1.807) is 0 Å². The zero-order valence-electron chi connectivity index (χ0n) is 9.36. The van der Waals surface area contributed by atoms with Gasteiger partial charge < -0.3 is 10.2 Å². The number of hydrogen-bond acceptors (Lipinski definition) is 2. The highest BCUT2D eigenvalue weighted by molar-refractivity contribution is 5.83. The minimum absolute atomic E-state index is 0.199. The van der Waals surface area contributed by atoms with Crippen molar-refractivity contribution in [2.75, 3.05) is 0 Å². The van der Waals surface area contributed by atoms with Gasteiger partial charge in [-0.3, -0.25) is 0 Å². The van der Waals surface area contributed by atoms with E-state index in [-0.39, 0.29) is 6.04 Å². The molecule has 0 radical (unpaired) electrons. The fourth-order valence-corrected chi connectivity index (χ4v) is 2.27. The standard InChI is InChI=1S/C14H15NO/c1-9-2-5-13-11(6-9)8-14(16-13)10-3-4-12(15)7-10/h2,5-8,12H,3-4,15H2,1H3. The fraction of sp³-hybridized carbons (Fsp3) is 0.286. The molecule has 0 saturated carbocycles. The van der Waals surface area contributed by atoms with Gasteiger partial charge >= 0.3 is 0 Å². The molecule has 0 aliphatic heterocycles. The molecule has 2 aromatic rings. The topological polar surface area (TPSA) is 39.2 Å². The number of aryl methyl sites for hydroxylation is 1. The van der Waals surface area contributed by atoms with E-state index in [9.17, 15) is 0 Å². The SMILES string of the molecule is Cc1ccc2oc(C3=CC(N)CC3)cc2c1. The summed E-state index contributed by atoms with van der Waals surface area (Å²) in [5.74, 6) is 0.980. The number of benzene rings is 1. The van der Waals surface area contributed by atoms with Crippen molar-refractivity contribution in [1.29, 1.82) is 0 Å². The predicted molar refractivity (Wildman–Crippen MR) is 66.1 cm³/mol. The monoisotopic (exact) mass is 213 g/mol. The smallest absolute Gasteiger partial charge is 0.134 e. The molecule has 1 heterocycles. The lowest BCUT2D eigenvalue weighted by molar-refractivity contribution is 0.597. The van der Waals surface area contributed by atoms with Crippen molar-refractivity contribution in [3.05, 3.63) is 41.7 Å². The van der Waals surface area contributed by atoms with Crippen LogP contribution in [0.25, 0.3) is 16.5 Å². The van der Waals surface area contributed by atoms with Gasteiger partial charge in [0.2, 0.25) is 0 Å². The van der Waals surface area contributed by atoms with Crippen LogP contribution in [0.5, 0.6) is 0 Å². The number of furan rings is 1. The molecule has 1 unspecified atom stereocenters. The van der Waals surface area contributed by atoms with Gasteiger partial charge in [-0.25, -0.2) is 0 Å². The van der Waals surface area contributed by atoms with E-state index in [1.165, 1.54) is 16.5 Å². The Balaban J connectivity index is 2.09. The quantitative estimate of drug-likeness (QED) is 0.789.